The summed E-state index contributed by atoms with van der Waals surface area (Å²) in [6.45, 7) is 0. The predicted octanol–water partition coefficient (Wildman–Crippen LogP) is 3.81. The van der Waals surface area contributed by atoms with Gasteiger partial charge in [0, 0.05) is 17.0 Å². The fourth-order valence-electron chi connectivity index (χ4n) is 1.70. The quantitative estimate of drug-likeness (QED) is 0.523. The molecule has 19 heavy (non-hydrogen) atoms. The van der Waals surface area contributed by atoms with E-state index in [-0.39, 0.29) is 12.2 Å². The standard InChI is InChI=1S/C15H12Cl2O2/c16-13-10-15(17,19)9-8-11(13)6-7-14(18)12-4-2-1-3-5-12/h1-9,19H,10H2. The first-order valence-electron chi connectivity index (χ1n) is 5.74. The molecule has 2 rings (SSSR count). The first-order valence-corrected chi connectivity index (χ1v) is 6.50. The molecule has 0 bridgehead atoms. The number of aliphatic hydroxyl groups is 1. The van der Waals surface area contributed by atoms with E-state index in [1.54, 1.807) is 36.4 Å². The van der Waals surface area contributed by atoms with Gasteiger partial charge >= 0.3 is 0 Å². The van der Waals surface area contributed by atoms with Gasteiger partial charge in [-0.15, -0.1) is 0 Å². The molecule has 0 amide bonds. The average molecular weight is 295 g/mol. The molecule has 1 aliphatic carbocycles. The van der Waals surface area contributed by atoms with Crippen LogP contribution in [0.5, 0.6) is 0 Å². The van der Waals surface area contributed by atoms with Gasteiger partial charge in [-0.05, 0) is 23.8 Å². The van der Waals surface area contributed by atoms with Gasteiger partial charge in [0.25, 0.3) is 0 Å². The van der Waals surface area contributed by atoms with Crippen LogP contribution in [0, 0.1) is 0 Å². The average Bonchev–Trinajstić information content (AvgIpc) is 2.37. The molecular formula is C15H12Cl2O2. The van der Waals surface area contributed by atoms with Crippen molar-refractivity contribution in [3.8, 4) is 0 Å². The molecule has 1 aromatic rings. The molecule has 1 unspecified atom stereocenters. The molecule has 4 heteroatoms. The van der Waals surface area contributed by atoms with Crippen molar-refractivity contribution in [1.82, 2.24) is 0 Å². The number of hydrogen-bond donors (Lipinski definition) is 1. The molecule has 1 atom stereocenters. The maximum absolute atomic E-state index is 11.9. The van der Waals surface area contributed by atoms with Gasteiger partial charge in [-0.3, -0.25) is 4.79 Å². The van der Waals surface area contributed by atoms with E-state index in [1.165, 1.54) is 12.2 Å². The Hall–Kier alpha value is -1.35. The summed E-state index contributed by atoms with van der Waals surface area (Å²) in [7, 11) is 0. The minimum Gasteiger partial charge on any atom is -0.371 e. The van der Waals surface area contributed by atoms with Gasteiger partial charge in [0.15, 0.2) is 10.8 Å². The second-order valence-corrected chi connectivity index (χ2v) is 5.36. The SMILES string of the molecule is O=C(C=CC1=C(Cl)CC(O)(Cl)C=C1)c1ccccc1. The molecule has 0 radical (unpaired) electrons. The summed E-state index contributed by atoms with van der Waals surface area (Å²) in [6.07, 6.45) is 6.27. The molecule has 2 nitrogen and oxygen atoms in total. The van der Waals surface area contributed by atoms with E-state index in [0.717, 1.165) is 0 Å². The van der Waals surface area contributed by atoms with E-state index in [4.69, 9.17) is 23.2 Å². The highest BCUT2D eigenvalue weighted by Crippen LogP contribution is 2.32. The van der Waals surface area contributed by atoms with E-state index in [0.29, 0.717) is 16.2 Å². The minimum absolute atomic E-state index is 0.0994. The van der Waals surface area contributed by atoms with Crippen LogP contribution in [0.4, 0.5) is 0 Å². The van der Waals surface area contributed by atoms with Crippen LogP contribution in [0.2, 0.25) is 0 Å². The minimum atomic E-state index is -1.43. The maximum Gasteiger partial charge on any atom is 0.185 e. The van der Waals surface area contributed by atoms with Crippen LogP contribution in [0.15, 0.2) is 65.2 Å². The van der Waals surface area contributed by atoms with E-state index in [9.17, 15) is 9.90 Å². The molecule has 1 aliphatic rings. The summed E-state index contributed by atoms with van der Waals surface area (Å²) in [5.41, 5.74) is 1.29. The largest absolute Gasteiger partial charge is 0.371 e. The van der Waals surface area contributed by atoms with Gasteiger partial charge in [-0.1, -0.05) is 59.6 Å². The normalized spacial score (nSPS) is 23.1. The van der Waals surface area contributed by atoms with Gasteiger partial charge in [0.1, 0.15) is 0 Å². The van der Waals surface area contributed by atoms with Crippen LogP contribution in [0.3, 0.4) is 0 Å². The molecule has 0 heterocycles. The van der Waals surface area contributed by atoms with Crippen LogP contribution in [-0.2, 0) is 0 Å². The van der Waals surface area contributed by atoms with Gasteiger partial charge in [0.05, 0.1) is 0 Å². The number of ketones is 1. The summed E-state index contributed by atoms with van der Waals surface area (Å²) in [6, 6.07) is 8.96. The molecule has 0 aliphatic heterocycles. The number of alkyl halides is 1. The Morgan fingerprint density at radius 2 is 2.00 bits per heavy atom. The fourth-order valence-corrected chi connectivity index (χ4v) is 2.29. The Kier molecular flexibility index (Phi) is 4.25. The predicted molar refractivity (Wildman–Crippen MR) is 77.4 cm³/mol. The highest BCUT2D eigenvalue weighted by molar-refractivity contribution is 6.32. The van der Waals surface area contributed by atoms with Crippen LogP contribution >= 0.6 is 23.2 Å². The van der Waals surface area contributed by atoms with Gasteiger partial charge < -0.3 is 5.11 Å². The Morgan fingerprint density at radius 1 is 1.32 bits per heavy atom. The molecule has 0 spiro atoms. The Morgan fingerprint density at radius 3 is 2.63 bits per heavy atom. The van der Waals surface area contributed by atoms with Gasteiger partial charge in [0.2, 0.25) is 0 Å². The van der Waals surface area contributed by atoms with Crippen molar-refractivity contribution in [2.45, 2.75) is 11.5 Å². The van der Waals surface area contributed by atoms with Crippen molar-refractivity contribution < 1.29 is 9.90 Å². The van der Waals surface area contributed by atoms with Crippen LogP contribution in [0.25, 0.3) is 0 Å². The Bertz CT molecular complexity index is 569. The monoisotopic (exact) mass is 294 g/mol. The molecule has 0 saturated carbocycles. The summed E-state index contributed by atoms with van der Waals surface area (Å²) in [5, 5.41) is 8.58. The molecule has 0 saturated heterocycles. The number of hydrogen-bond acceptors (Lipinski definition) is 2. The topological polar surface area (TPSA) is 37.3 Å². The molecule has 1 aromatic carbocycles. The molecule has 0 aromatic heterocycles. The van der Waals surface area contributed by atoms with Crippen molar-refractivity contribution in [3.05, 3.63) is 70.8 Å². The zero-order chi connectivity index (χ0) is 13.9. The summed E-state index contributed by atoms with van der Waals surface area (Å²) in [5.74, 6) is -0.0994. The summed E-state index contributed by atoms with van der Waals surface area (Å²) >= 11 is 11.8. The smallest absolute Gasteiger partial charge is 0.185 e. The zero-order valence-electron chi connectivity index (χ0n) is 10.0. The molecule has 0 fully saturated rings. The van der Waals surface area contributed by atoms with Crippen LogP contribution in [-0.4, -0.2) is 16.0 Å². The van der Waals surface area contributed by atoms with Gasteiger partial charge in [-0.25, -0.2) is 0 Å². The van der Waals surface area contributed by atoms with Crippen LogP contribution in [0.1, 0.15) is 16.8 Å². The first-order chi connectivity index (χ1) is 8.98. The van der Waals surface area contributed by atoms with Crippen LogP contribution < -0.4 is 0 Å². The Labute approximate surface area is 121 Å². The second-order valence-electron chi connectivity index (χ2n) is 4.25. The number of allylic oxidation sites excluding steroid dienone is 4. The fraction of sp³-hybridized carbons (Fsp3) is 0.133. The van der Waals surface area contributed by atoms with Crippen molar-refractivity contribution in [1.29, 1.82) is 0 Å². The number of halogens is 2. The summed E-state index contributed by atoms with van der Waals surface area (Å²) in [4.78, 5) is 11.9. The molecule has 98 valence electrons. The van der Waals surface area contributed by atoms with E-state index in [2.05, 4.69) is 0 Å². The van der Waals surface area contributed by atoms with Crippen molar-refractivity contribution in [2.75, 3.05) is 0 Å². The van der Waals surface area contributed by atoms with E-state index in [1.807, 2.05) is 6.07 Å². The molecular weight excluding hydrogens is 283 g/mol. The number of rotatable bonds is 3. The lowest BCUT2D eigenvalue weighted by molar-refractivity contribution is 0.104. The zero-order valence-corrected chi connectivity index (χ0v) is 11.5. The third-order valence-corrected chi connectivity index (χ3v) is 3.32. The number of carbonyl (C=O) groups is 1. The summed E-state index contributed by atoms with van der Waals surface area (Å²) < 4.78 is 0. The lowest BCUT2D eigenvalue weighted by atomic mass is 10.0. The highest BCUT2D eigenvalue weighted by atomic mass is 35.5. The number of benzene rings is 1. The van der Waals surface area contributed by atoms with E-state index < -0.39 is 5.06 Å². The van der Waals surface area contributed by atoms with Crippen molar-refractivity contribution >= 4 is 29.0 Å². The number of carbonyl (C=O) groups excluding carboxylic acids is 1. The first kappa shape index (κ1) is 14.1. The third kappa shape index (κ3) is 3.80. The molecule has 1 N–H and O–H groups in total. The Balaban J connectivity index is 2.12. The second kappa shape index (κ2) is 5.74. The van der Waals surface area contributed by atoms with Crippen molar-refractivity contribution in [2.24, 2.45) is 0 Å². The van der Waals surface area contributed by atoms with Gasteiger partial charge in [-0.2, -0.15) is 0 Å². The lowest BCUT2D eigenvalue weighted by Crippen LogP contribution is -2.19. The maximum atomic E-state index is 11.9. The van der Waals surface area contributed by atoms with Crippen molar-refractivity contribution in [3.63, 3.8) is 0 Å². The lowest BCUT2D eigenvalue weighted by Gasteiger charge is -2.20. The third-order valence-electron chi connectivity index (χ3n) is 2.71. The van der Waals surface area contributed by atoms with E-state index >= 15 is 0 Å². The highest BCUT2D eigenvalue weighted by Gasteiger charge is 2.25.